The Labute approximate surface area is 183 Å². The van der Waals surface area contributed by atoms with Crippen LogP contribution in [0.4, 0.5) is 0 Å². The van der Waals surface area contributed by atoms with Crippen LogP contribution < -0.4 is 10.2 Å². The third-order valence-corrected chi connectivity index (χ3v) is 5.11. The minimum Gasteiger partial charge on any atom is -0.508 e. The highest BCUT2D eigenvalue weighted by molar-refractivity contribution is 5.91. The summed E-state index contributed by atoms with van der Waals surface area (Å²) in [5, 5.41) is 68.3. The number of phenolic OH excluding ortho intramolecular Hbond substituents is 3. The Bertz CT molecular complexity index is 1260. The second-order valence-electron chi connectivity index (χ2n) is 7.31. The maximum absolute atomic E-state index is 12.5. The lowest BCUT2D eigenvalue weighted by molar-refractivity contribution is -0.279. The van der Waals surface area contributed by atoms with Gasteiger partial charge in [0.05, 0.1) is 0 Å². The fraction of sp³-hybridized carbons (Fsp3) is 0.238. The normalized spacial score (nSPS) is 25.2. The van der Waals surface area contributed by atoms with Crippen molar-refractivity contribution in [1.82, 2.24) is 0 Å². The molecule has 0 aliphatic carbocycles. The Balaban J connectivity index is 1.72. The lowest BCUT2D eigenvalue weighted by atomic mass is 9.99. The standard InChI is InChI=1S/C21H18O12/c22-8-3-1-7(2-4-8)10-5-9(23)13-11(31-10)6-12(14(24)15(13)25)32-21(30)19-17(27)16(26)18(28)20(29)33-19/h1-6,16-20,22,24-29H. The van der Waals surface area contributed by atoms with Gasteiger partial charge < -0.3 is 49.6 Å². The number of esters is 1. The van der Waals surface area contributed by atoms with Crippen molar-refractivity contribution in [2.24, 2.45) is 0 Å². The molecule has 3 aromatic rings. The van der Waals surface area contributed by atoms with Gasteiger partial charge in [-0.3, -0.25) is 4.79 Å². The van der Waals surface area contributed by atoms with Crippen LogP contribution in [0.25, 0.3) is 22.3 Å². The molecule has 0 saturated carbocycles. The molecule has 1 aliphatic heterocycles. The van der Waals surface area contributed by atoms with Gasteiger partial charge in [0, 0.05) is 17.7 Å². The molecule has 12 heteroatoms. The van der Waals surface area contributed by atoms with Crippen LogP contribution >= 0.6 is 0 Å². The van der Waals surface area contributed by atoms with E-state index in [1.165, 1.54) is 24.3 Å². The summed E-state index contributed by atoms with van der Waals surface area (Å²) in [4.78, 5) is 25.0. The third-order valence-electron chi connectivity index (χ3n) is 5.11. The predicted molar refractivity (Wildman–Crippen MR) is 107 cm³/mol. The maximum Gasteiger partial charge on any atom is 0.343 e. The van der Waals surface area contributed by atoms with E-state index in [0.717, 1.165) is 12.1 Å². The average molecular weight is 462 g/mol. The quantitative estimate of drug-likeness (QED) is 0.146. The molecular formula is C21H18O12. The number of benzene rings is 2. The van der Waals surface area contributed by atoms with Gasteiger partial charge in [0.2, 0.25) is 5.75 Å². The number of fused-ring (bicyclic) bond motifs is 1. The molecule has 1 saturated heterocycles. The third kappa shape index (κ3) is 3.97. The topological polar surface area (TPSA) is 207 Å². The zero-order valence-corrected chi connectivity index (χ0v) is 16.5. The molecule has 7 N–H and O–H groups in total. The van der Waals surface area contributed by atoms with Crippen LogP contribution in [0.2, 0.25) is 0 Å². The zero-order valence-electron chi connectivity index (χ0n) is 16.5. The van der Waals surface area contributed by atoms with Gasteiger partial charge in [-0.1, -0.05) is 0 Å². The van der Waals surface area contributed by atoms with E-state index in [-0.39, 0.29) is 17.1 Å². The molecule has 1 aliphatic rings. The smallest absolute Gasteiger partial charge is 0.343 e. The lowest BCUT2D eigenvalue weighted by Crippen LogP contribution is -2.60. The number of aliphatic hydroxyl groups is 4. The van der Waals surface area contributed by atoms with Crippen LogP contribution in [-0.2, 0) is 9.53 Å². The van der Waals surface area contributed by atoms with E-state index in [1.54, 1.807) is 0 Å². The Morgan fingerprint density at radius 3 is 2.21 bits per heavy atom. The van der Waals surface area contributed by atoms with Crippen molar-refractivity contribution in [1.29, 1.82) is 0 Å². The van der Waals surface area contributed by atoms with E-state index in [9.17, 15) is 45.3 Å². The summed E-state index contributed by atoms with van der Waals surface area (Å²) < 4.78 is 15.3. The lowest BCUT2D eigenvalue weighted by Gasteiger charge is -2.36. The first-order valence-corrected chi connectivity index (χ1v) is 9.50. The van der Waals surface area contributed by atoms with Crippen LogP contribution in [-0.4, -0.2) is 72.4 Å². The van der Waals surface area contributed by atoms with Gasteiger partial charge in [-0.25, -0.2) is 4.79 Å². The van der Waals surface area contributed by atoms with Crippen molar-refractivity contribution in [2.45, 2.75) is 30.7 Å². The number of aliphatic hydroxyl groups excluding tert-OH is 4. The first-order chi connectivity index (χ1) is 15.6. The number of ether oxygens (including phenoxy) is 2. The number of carbonyl (C=O) groups is 1. The van der Waals surface area contributed by atoms with E-state index in [4.69, 9.17) is 13.9 Å². The molecule has 12 nitrogen and oxygen atoms in total. The second kappa shape index (κ2) is 8.35. The van der Waals surface area contributed by atoms with E-state index in [0.29, 0.717) is 5.56 Å². The molecule has 4 rings (SSSR count). The number of phenols is 3. The summed E-state index contributed by atoms with van der Waals surface area (Å²) in [6.45, 7) is 0. The van der Waals surface area contributed by atoms with E-state index in [1.807, 2.05) is 0 Å². The van der Waals surface area contributed by atoms with Gasteiger partial charge in [0.25, 0.3) is 0 Å². The van der Waals surface area contributed by atoms with Crippen LogP contribution in [0.15, 0.2) is 45.6 Å². The summed E-state index contributed by atoms with van der Waals surface area (Å²) >= 11 is 0. The Hall–Kier alpha value is -3.68. The molecule has 2 heterocycles. The minimum absolute atomic E-state index is 0.0199. The Morgan fingerprint density at radius 1 is 0.879 bits per heavy atom. The molecule has 2 aromatic carbocycles. The maximum atomic E-state index is 12.5. The van der Waals surface area contributed by atoms with E-state index in [2.05, 4.69) is 0 Å². The molecule has 0 spiro atoms. The van der Waals surface area contributed by atoms with Crippen molar-refractivity contribution in [3.05, 3.63) is 46.6 Å². The molecule has 0 amide bonds. The highest BCUT2D eigenvalue weighted by Gasteiger charge is 2.47. The van der Waals surface area contributed by atoms with Gasteiger partial charge in [0.1, 0.15) is 40.8 Å². The van der Waals surface area contributed by atoms with Gasteiger partial charge >= 0.3 is 5.97 Å². The average Bonchev–Trinajstić information content (AvgIpc) is 2.78. The molecule has 1 aromatic heterocycles. The SMILES string of the molecule is O=C(Oc1cc2oc(-c3ccc(O)cc3)cc(=O)c2c(O)c1O)C1OC(O)C(O)C(O)C1O. The highest BCUT2D eigenvalue weighted by atomic mass is 16.7. The van der Waals surface area contributed by atoms with Crippen LogP contribution in [0, 0.1) is 0 Å². The number of aromatic hydroxyl groups is 3. The monoisotopic (exact) mass is 462 g/mol. The zero-order chi connectivity index (χ0) is 24.0. The van der Waals surface area contributed by atoms with Crippen molar-refractivity contribution in [2.75, 3.05) is 0 Å². The van der Waals surface area contributed by atoms with Crippen molar-refractivity contribution in [3.8, 4) is 34.3 Å². The first-order valence-electron chi connectivity index (χ1n) is 9.50. The molecule has 5 atom stereocenters. The fourth-order valence-corrected chi connectivity index (χ4v) is 3.34. The number of rotatable bonds is 3. The summed E-state index contributed by atoms with van der Waals surface area (Å²) in [5.41, 5.74) is -0.598. The minimum atomic E-state index is -2.01. The Morgan fingerprint density at radius 2 is 1.55 bits per heavy atom. The molecule has 33 heavy (non-hydrogen) atoms. The van der Waals surface area contributed by atoms with Crippen LogP contribution in [0.5, 0.6) is 23.0 Å². The predicted octanol–water partition coefficient (Wildman–Crippen LogP) is -0.718. The van der Waals surface area contributed by atoms with Gasteiger partial charge in [-0.2, -0.15) is 0 Å². The highest BCUT2D eigenvalue weighted by Crippen LogP contribution is 2.42. The molecule has 174 valence electrons. The molecule has 0 bridgehead atoms. The van der Waals surface area contributed by atoms with Crippen LogP contribution in [0.3, 0.4) is 0 Å². The first kappa shape index (κ1) is 22.5. The fourth-order valence-electron chi connectivity index (χ4n) is 3.34. The number of carbonyl (C=O) groups excluding carboxylic acids is 1. The van der Waals surface area contributed by atoms with Crippen molar-refractivity contribution < 1.29 is 54.4 Å². The summed E-state index contributed by atoms with van der Waals surface area (Å²) in [7, 11) is 0. The largest absolute Gasteiger partial charge is 0.508 e. The van der Waals surface area contributed by atoms with Gasteiger partial charge in [-0.15, -0.1) is 0 Å². The second-order valence-corrected chi connectivity index (χ2v) is 7.31. The van der Waals surface area contributed by atoms with Gasteiger partial charge in [0.15, 0.2) is 29.3 Å². The number of hydrogen-bond acceptors (Lipinski definition) is 12. The molecular weight excluding hydrogens is 444 g/mol. The van der Waals surface area contributed by atoms with E-state index >= 15 is 0 Å². The van der Waals surface area contributed by atoms with Gasteiger partial charge in [-0.05, 0) is 24.3 Å². The van der Waals surface area contributed by atoms with Crippen molar-refractivity contribution >= 4 is 16.9 Å². The van der Waals surface area contributed by atoms with Crippen molar-refractivity contribution in [3.63, 3.8) is 0 Å². The molecule has 1 fully saturated rings. The Kier molecular flexibility index (Phi) is 5.69. The summed E-state index contributed by atoms with van der Waals surface area (Å²) in [5.74, 6) is -3.98. The van der Waals surface area contributed by atoms with E-state index < -0.39 is 64.7 Å². The molecule has 0 radical (unpaired) electrons. The molecule has 5 unspecified atom stereocenters. The van der Waals surface area contributed by atoms with Crippen LogP contribution in [0.1, 0.15) is 0 Å². The number of hydrogen-bond donors (Lipinski definition) is 7. The summed E-state index contributed by atoms with van der Waals surface area (Å²) in [6.07, 6.45) is -9.76. The summed E-state index contributed by atoms with van der Waals surface area (Å²) in [6, 6.07) is 7.64.